The Morgan fingerprint density at radius 2 is 1.84 bits per heavy atom. The molecule has 1 spiro atoms. The van der Waals surface area contributed by atoms with Crippen LogP contribution in [0.15, 0.2) is 36.0 Å². The van der Waals surface area contributed by atoms with Crippen LogP contribution in [0, 0.1) is 17.6 Å². The summed E-state index contributed by atoms with van der Waals surface area (Å²) < 4.78 is 29.1. The first kappa shape index (κ1) is 26.9. The molecule has 2 aliphatic heterocycles. The molecule has 0 saturated heterocycles. The second kappa shape index (κ2) is 10.4. The molecule has 0 radical (unpaired) electrons. The lowest BCUT2D eigenvalue weighted by Crippen LogP contribution is -2.51. The van der Waals surface area contributed by atoms with Crippen molar-refractivity contribution in [2.45, 2.75) is 49.7 Å². The molecule has 2 heterocycles. The summed E-state index contributed by atoms with van der Waals surface area (Å²) in [5.74, 6) is -2.40. The van der Waals surface area contributed by atoms with E-state index in [1.165, 1.54) is 24.3 Å². The van der Waals surface area contributed by atoms with Gasteiger partial charge in [0.05, 0.1) is 28.8 Å². The second-order valence-electron chi connectivity index (χ2n) is 10.0. The van der Waals surface area contributed by atoms with Crippen LogP contribution in [0.1, 0.15) is 43.2 Å². The first-order valence-electron chi connectivity index (χ1n) is 12.5. The maximum absolute atomic E-state index is 14.9. The number of hydrogen-bond donors (Lipinski definition) is 5. The molecule has 2 aromatic rings. The minimum Gasteiger partial charge on any atom is -0.394 e. The molecule has 0 bridgehead atoms. The van der Waals surface area contributed by atoms with Crippen LogP contribution in [-0.4, -0.2) is 47.3 Å². The van der Waals surface area contributed by atoms with Crippen LogP contribution in [0.25, 0.3) is 5.57 Å². The number of aliphatic hydroxyl groups excluding tert-OH is 2. The van der Waals surface area contributed by atoms with Crippen molar-refractivity contribution in [3.05, 3.63) is 68.8 Å². The molecule has 3 aliphatic rings. The summed E-state index contributed by atoms with van der Waals surface area (Å²) in [4.78, 5) is 27.6. The van der Waals surface area contributed by atoms with Gasteiger partial charge in [-0.3, -0.25) is 9.59 Å². The smallest absolute Gasteiger partial charge is 0.267 e. The summed E-state index contributed by atoms with van der Waals surface area (Å²) in [6, 6.07) is 5.93. The Bertz CT molecular complexity index is 1330. The third-order valence-electron chi connectivity index (χ3n) is 7.78. The molecule has 11 heteroatoms. The minimum atomic E-state index is -1.52. The molecule has 2 aromatic carbocycles. The van der Waals surface area contributed by atoms with Gasteiger partial charge in [-0.25, -0.2) is 8.78 Å². The van der Waals surface area contributed by atoms with Crippen molar-refractivity contribution in [1.29, 1.82) is 0 Å². The summed E-state index contributed by atoms with van der Waals surface area (Å²) in [6.45, 7) is -0.397. The Morgan fingerprint density at radius 1 is 1.13 bits per heavy atom. The lowest BCUT2D eigenvalue weighted by atomic mass is 9.65. The van der Waals surface area contributed by atoms with Crippen LogP contribution in [0.4, 0.5) is 14.5 Å². The van der Waals surface area contributed by atoms with Gasteiger partial charge in [-0.15, -0.1) is 0 Å². The second-order valence-corrected chi connectivity index (χ2v) is 10.8. The Morgan fingerprint density at radius 3 is 2.53 bits per heavy atom. The molecule has 5 rings (SSSR count). The van der Waals surface area contributed by atoms with E-state index in [0.29, 0.717) is 16.8 Å². The van der Waals surface area contributed by atoms with Gasteiger partial charge in [0.1, 0.15) is 22.7 Å². The molecule has 202 valence electrons. The highest BCUT2D eigenvalue weighted by molar-refractivity contribution is 6.32. The summed E-state index contributed by atoms with van der Waals surface area (Å²) in [6.07, 6.45) is 2.59. The Labute approximate surface area is 228 Å². The first-order chi connectivity index (χ1) is 18.2. The lowest BCUT2D eigenvalue weighted by molar-refractivity contribution is -0.120. The minimum absolute atomic E-state index is 0.0159. The number of halogens is 4. The summed E-state index contributed by atoms with van der Waals surface area (Å²) in [5, 5.41) is 27.3. The Kier molecular flexibility index (Phi) is 7.39. The van der Waals surface area contributed by atoms with Crippen LogP contribution in [0.3, 0.4) is 0 Å². The highest BCUT2D eigenvalue weighted by atomic mass is 35.5. The van der Waals surface area contributed by atoms with Crippen molar-refractivity contribution in [2.24, 2.45) is 5.92 Å². The van der Waals surface area contributed by atoms with Gasteiger partial charge in [0, 0.05) is 23.4 Å². The average molecular weight is 566 g/mol. The van der Waals surface area contributed by atoms with E-state index in [9.17, 15) is 23.5 Å². The van der Waals surface area contributed by atoms with E-state index < -0.39 is 47.6 Å². The lowest BCUT2D eigenvalue weighted by Gasteiger charge is -2.36. The van der Waals surface area contributed by atoms with E-state index in [-0.39, 0.29) is 40.2 Å². The van der Waals surface area contributed by atoms with Gasteiger partial charge < -0.3 is 26.2 Å². The monoisotopic (exact) mass is 565 g/mol. The fourth-order valence-corrected chi connectivity index (χ4v) is 6.41. The maximum atomic E-state index is 14.9. The molecule has 1 fully saturated rings. The number of carbonyl (C=O) groups is 2. The third-order valence-corrected chi connectivity index (χ3v) is 8.36. The standard InChI is InChI=1S/C27H27Cl2F2N3O4/c28-17-9-14(5-6-19(17)30)22-23(25(37)32-8-7-15(36)12-35)34-24(13-3-1-2-4-13)27(22)16-10-20(31)18(29)11-21(16)33-26(27)38/h5-6,9-11,13,15,24,34-36H,1-4,7-8,12H2,(H,32,37)(H,33,38)/t15?,24-,27-/m1/s1. The number of amides is 2. The predicted octanol–water partition coefficient (Wildman–Crippen LogP) is 3.89. The van der Waals surface area contributed by atoms with Gasteiger partial charge in [-0.05, 0) is 55.0 Å². The zero-order valence-electron chi connectivity index (χ0n) is 20.3. The van der Waals surface area contributed by atoms with E-state index in [4.69, 9.17) is 28.3 Å². The summed E-state index contributed by atoms with van der Waals surface area (Å²) >= 11 is 12.2. The van der Waals surface area contributed by atoms with Gasteiger partial charge in [-0.2, -0.15) is 0 Å². The summed E-state index contributed by atoms with van der Waals surface area (Å²) in [7, 11) is 0. The summed E-state index contributed by atoms with van der Waals surface area (Å²) in [5.41, 5.74) is -0.166. The van der Waals surface area contributed by atoms with Crippen molar-refractivity contribution in [3.63, 3.8) is 0 Å². The van der Waals surface area contributed by atoms with Gasteiger partial charge >= 0.3 is 0 Å². The number of benzene rings is 2. The molecule has 2 amide bonds. The zero-order valence-corrected chi connectivity index (χ0v) is 21.8. The quantitative estimate of drug-likeness (QED) is 0.350. The number of hydrogen-bond acceptors (Lipinski definition) is 5. The van der Waals surface area contributed by atoms with Crippen molar-refractivity contribution < 1.29 is 28.6 Å². The topological polar surface area (TPSA) is 111 Å². The first-order valence-corrected chi connectivity index (χ1v) is 13.3. The number of anilines is 1. The molecule has 1 unspecified atom stereocenters. The molecule has 1 aliphatic carbocycles. The van der Waals surface area contributed by atoms with Crippen molar-refractivity contribution in [3.8, 4) is 0 Å². The highest BCUT2D eigenvalue weighted by Crippen LogP contribution is 2.57. The fourth-order valence-electron chi connectivity index (χ4n) is 6.06. The van der Waals surface area contributed by atoms with Gasteiger partial charge in [0.2, 0.25) is 5.91 Å². The van der Waals surface area contributed by atoms with Crippen LogP contribution < -0.4 is 16.0 Å². The zero-order chi connectivity index (χ0) is 27.2. The number of aliphatic hydroxyl groups is 2. The number of fused-ring (bicyclic) bond motifs is 2. The van der Waals surface area contributed by atoms with Crippen molar-refractivity contribution in [1.82, 2.24) is 10.6 Å². The Balaban J connectivity index is 1.73. The van der Waals surface area contributed by atoms with Crippen molar-refractivity contribution >= 4 is 46.3 Å². The Hall–Kier alpha value is -2.72. The normalized spacial score (nSPS) is 23.5. The number of carbonyl (C=O) groups excluding carboxylic acids is 2. The van der Waals surface area contributed by atoms with E-state index in [1.54, 1.807) is 0 Å². The largest absolute Gasteiger partial charge is 0.394 e. The molecule has 0 aromatic heterocycles. The van der Waals surface area contributed by atoms with Gasteiger partial charge in [-0.1, -0.05) is 42.1 Å². The molecular formula is C27H27Cl2F2N3O4. The van der Waals surface area contributed by atoms with Gasteiger partial charge in [0.15, 0.2) is 0 Å². The van der Waals surface area contributed by atoms with E-state index in [1.807, 2.05) is 0 Å². The predicted molar refractivity (Wildman–Crippen MR) is 140 cm³/mol. The molecule has 38 heavy (non-hydrogen) atoms. The SMILES string of the molecule is O=C(NCCC(O)CO)C1=C(c2ccc(F)c(Cl)c2)[C@@]2(C(=O)Nc3cc(Cl)c(F)cc32)[C@@H](C2CCCC2)N1. The van der Waals surface area contributed by atoms with E-state index in [2.05, 4.69) is 16.0 Å². The number of nitrogens with one attached hydrogen (secondary N) is 3. The molecule has 5 N–H and O–H groups in total. The molecule has 1 saturated carbocycles. The molecular weight excluding hydrogens is 539 g/mol. The maximum Gasteiger partial charge on any atom is 0.267 e. The van der Waals surface area contributed by atoms with Crippen LogP contribution in [0.2, 0.25) is 10.0 Å². The van der Waals surface area contributed by atoms with Gasteiger partial charge in [0.25, 0.3) is 5.91 Å². The molecule has 7 nitrogen and oxygen atoms in total. The van der Waals surface area contributed by atoms with Crippen LogP contribution >= 0.6 is 23.2 Å². The van der Waals surface area contributed by atoms with E-state index in [0.717, 1.165) is 31.7 Å². The highest BCUT2D eigenvalue weighted by Gasteiger charge is 2.62. The van der Waals surface area contributed by atoms with Crippen LogP contribution in [-0.2, 0) is 15.0 Å². The third kappa shape index (κ3) is 4.35. The van der Waals surface area contributed by atoms with Crippen molar-refractivity contribution in [2.75, 3.05) is 18.5 Å². The molecule has 3 atom stereocenters. The van der Waals surface area contributed by atoms with Crippen LogP contribution in [0.5, 0.6) is 0 Å². The van der Waals surface area contributed by atoms with E-state index >= 15 is 0 Å². The number of rotatable bonds is 7. The average Bonchev–Trinajstić information content (AvgIpc) is 3.60. The fraction of sp³-hybridized carbons (Fsp3) is 0.407.